The van der Waals surface area contributed by atoms with Crippen molar-refractivity contribution in [2.75, 3.05) is 47.4 Å². The van der Waals surface area contributed by atoms with E-state index in [4.69, 9.17) is 11.6 Å². The maximum Gasteiger partial charge on any atom is 0.322 e. The third kappa shape index (κ3) is 17.7. The lowest BCUT2D eigenvalue weighted by molar-refractivity contribution is 0.205. The molecule has 12 rings (SSSR count). The Labute approximate surface area is 581 Å². The Morgan fingerprint density at radius 1 is 0.432 bits per heavy atom. The van der Waals surface area contributed by atoms with Crippen LogP contribution in [0.2, 0.25) is 5.02 Å². The highest BCUT2D eigenvalue weighted by Gasteiger charge is 2.35. The number of hydrogen-bond acceptors (Lipinski definition) is 8. The summed E-state index contributed by atoms with van der Waals surface area (Å²) in [7, 11) is 0. The van der Waals surface area contributed by atoms with Gasteiger partial charge in [0, 0.05) is 140 Å². The smallest absolute Gasteiger partial charge is 0.320 e. The first kappa shape index (κ1) is 71.6. The molecule has 20 nitrogen and oxygen atoms in total. The number of H-pyrrole nitrogens is 4. The predicted molar refractivity (Wildman–Crippen MR) is 375 cm³/mol. The lowest BCUT2D eigenvalue weighted by Gasteiger charge is -2.29. The van der Waals surface area contributed by atoms with Crippen molar-refractivity contribution >= 4 is 106 Å². The number of carbonyl (C=O) groups excluding carboxylic acids is 4. The molecule has 0 saturated carbocycles. The molecule has 27 heteroatoms. The lowest BCUT2D eigenvalue weighted by Crippen LogP contribution is -2.39. The molecule has 4 aliphatic heterocycles. The van der Waals surface area contributed by atoms with E-state index in [0.29, 0.717) is 79.1 Å². The van der Waals surface area contributed by atoms with E-state index >= 15 is 0 Å². The summed E-state index contributed by atoms with van der Waals surface area (Å²) in [5.74, 6) is -1.34. The van der Waals surface area contributed by atoms with E-state index in [9.17, 15) is 32.3 Å². The number of halogens is 7. The molecule has 0 aliphatic carbocycles. The van der Waals surface area contributed by atoms with E-state index in [1.807, 2.05) is 29.2 Å². The van der Waals surface area contributed by atoms with Crippen molar-refractivity contribution in [1.29, 1.82) is 0 Å². The average molecular weight is 1520 g/mol. The molecular weight excluding hydrogens is 1440 g/mol. The zero-order chi connectivity index (χ0) is 69.1. The topological polar surface area (TPSA) is 244 Å². The Balaban J connectivity index is 0.000000149. The summed E-state index contributed by atoms with van der Waals surface area (Å²) in [4.78, 5) is 57.1. The van der Waals surface area contributed by atoms with Crippen LogP contribution in [0.5, 0.6) is 0 Å². The van der Waals surface area contributed by atoms with Crippen LogP contribution in [0, 0.1) is 17.5 Å². The summed E-state index contributed by atoms with van der Waals surface area (Å²) in [6.45, 7) is 29.9. The molecule has 0 fully saturated rings. The number of rotatable bonds is 4. The first-order valence-corrected chi connectivity index (χ1v) is 34.0. The number of anilines is 4. The van der Waals surface area contributed by atoms with E-state index in [1.54, 1.807) is 45.0 Å². The van der Waals surface area contributed by atoms with Crippen LogP contribution in [0.1, 0.15) is 151 Å². The Kier molecular flexibility index (Phi) is 22.1. The van der Waals surface area contributed by atoms with Crippen molar-refractivity contribution in [3.05, 3.63) is 183 Å². The highest BCUT2D eigenvalue weighted by molar-refractivity contribution is 9.11. The number of aromatic nitrogens is 8. The van der Waals surface area contributed by atoms with E-state index < -0.39 is 11.6 Å². The van der Waals surface area contributed by atoms with E-state index in [2.05, 4.69) is 193 Å². The van der Waals surface area contributed by atoms with Gasteiger partial charge in [0.25, 0.3) is 0 Å². The molecule has 8 aromatic rings. The van der Waals surface area contributed by atoms with E-state index in [1.165, 1.54) is 24.3 Å². The fraction of sp³-hybridized carbons (Fsp3) is 0.412. The molecule has 0 bridgehead atoms. The predicted octanol–water partition coefficient (Wildman–Crippen LogP) is 16.5. The highest BCUT2D eigenvalue weighted by atomic mass is 79.9. The summed E-state index contributed by atoms with van der Waals surface area (Å²) < 4.78 is 42.1. The minimum Gasteiger partial charge on any atom is -0.320 e. The van der Waals surface area contributed by atoms with Gasteiger partial charge < -0.3 is 40.9 Å². The zero-order valence-corrected chi connectivity index (χ0v) is 60.9. The molecule has 95 heavy (non-hydrogen) atoms. The second kappa shape index (κ2) is 29.3. The Bertz CT molecular complexity index is 3990. The van der Waals surface area contributed by atoms with Crippen LogP contribution in [-0.2, 0) is 73.5 Å². The number of aromatic amines is 4. The SMILES string of the molecule is CC(C)(C)c1n[nH]c2c1CN(C(=O)Nc1ccc(F)c(Br)c1)CC2.CC(C)(C)c1n[nH]c2c1CN(C(=O)Nc1ccc(F)c(Cl)c1)CC2.CC(C)(C)c1n[nH]c2c1CN(C(=O)Nc1cccc(Br)c1)CC2.CC(C)(C)c1n[nH]c2c1CN(C(=O)Nc1cccc(Br)c1F)CC2. The third-order valence-corrected chi connectivity index (χ3v) is 18.3. The van der Waals surface area contributed by atoms with Crippen LogP contribution in [0.25, 0.3) is 0 Å². The molecule has 4 aromatic carbocycles. The first-order valence-electron chi connectivity index (χ1n) is 31.2. The summed E-state index contributed by atoms with van der Waals surface area (Å²) in [5, 5.41) is 41.3. The maximum atomic E-state index is 14.0. The number of benzene rings is 4. The molecule has 506 valence electrons. The second-order valence-electron chi connectivity index (χ2n) is 27.9. The van der Waals surface area contributed by atoms with Crippen LogP contribution in [0.4, 0.5) is 55.1 Å². The summed E-state index contributed by atoms with van der Waals surface area (Å²) in [5.41, 5.74) is 14.5. The van der Waals surface area contributed by atoms with Crippen molar-refractivity contribution in [3.63, 3.8) is 0 Å². The molecule has 4 aromatic heterocycles. The fourth-order valence-corrected chi connectivity index (χ4v) is 12.8. The minimum atomic E-state index is -0.509. The fourth-order valence-electron chi connectivity index (χ4n) is 11.5. The molecule has 0 spiro atoms. The number of carbonyl (C=O) groups is 4. The number of urea groups is 4. The Hall–Kier alpha value is -7.68. The summed E-state index contributed by atoms with van der Waals surface area (Å²) in [6.07, 6.45) is 3.01. The quantitative estimate of drug-likeness (QED) is 0.0840. The van der Waals surface area contributed by atoms with Crippen LogP contribution < -0.4 is 21.3 Å². The van der Waals surface area contributed by atoms with Gasteiger partial charge in [-0.25, -0.2) is 32.3 Å². The molecule has 8 heterocycles. The molecule has 8 N–H and O–H groups in total. The van der Waals surface area contributed by atoms with Gasteiger partial charge in [-0.1, -0.05) is 123 Å². The van der Waals surface area contributed by atoms with E-state index in [-0.39, 0.29) is 62.3 Å². The normalized spacial score (nSPS) is 14.5. The van der Waals surface area contributed by atoms with Gasteiger partial charge in [0.15, 0.2) is 5.82 Å². The monoisotopic (exact) mass is 1510 g/mol. The zero-order valence-electron chi connectivity index (χ0n) is 55.3. The first-order chi connectivity index (χ1) is 44.6. The molecular formula is C68H81Br3ClF3N16O4. The number of fused-ring (bicyclic) bond motifs is 4. The number of amides is 8. The number of nitrogens with one attached hydrogen (secondary N) is 8. The van der Waals surface area contributed by atoms with Gasteiger partial charge in [0.05, 0.1) is 68.6 Å². The van der Waals surface area contributed by atoms with Gasteiger partial charge in [0.2, 0.25) is 0 Å². The molecule has 0 unspecified atom stereocenters. The summed E-state index contributed by atoms with van der Waals surface area (Å²) in [6, 6.07) is 20.2. The lowest BCUT2D eigenvalue weighted by atomic mass is 9.87. The Morgan fingerprint density at radius 2 is 0.768 bits per heavy atom. The maximum absolute atomic E-state index is 14.0. The van der Waals surface area contributed by atoms with Crippen LogP contribution >= 0.6 is 59.4 Å². The average Bonchev–Trinajstić information content (AvgIpc) is 1.70. The van der Waals surface area contributed by atoms with Crippen molar-refractivity contribution in [3.8, 4) is 0 Å². The van der Waals surface area contributed by atoms with Crippen molar-refractivity contribution in [1.82, 2.24) is 60.4 Å². The van der Waals surface area contributed by atoms with Gasteiger partial charge in [0.1, 0.15) is 11.6 Å². The van der Waals surface area contributed by atoms with Crippen molar-refractivity contribution in [2.24, 2.45) is 0 Å². The van der Waals surface area contributed by atoms with Crippen molar-refractivity contribution in [2.45, 2.75) is 157 Å². The summed E-state index contributed by atoms with van der Waals surface area (Å²) >= 11 is 15.4. The van der Waals surface area contributed by atoms with Gasteiger partial charge >= 0.3 is 24.1 Å². The van der Waals surface area contributed by atoms with Crippen LogP contribution in [0.15, 0.2) is 92.3 Å². The Morgan fingerprint density at radius 3 is 1.12 bits per heavy atom. The molecule has 0 atom stereocenters. The van der Waals surface area contributed by atoms with Crippen LogP contribution in [0.3, 0.4) is 0 Å². The molecule has 8 amide bonds. The minimum absolute atomic E-state index is 0.0152. The van der Waals surface area contributed by atoms with Crippen molar-refractivity contribution < 1.29 is 32.3 Å². The van der Waals surface area contributed by atoms with Gasteiger partial charge in [-0.05, 0) is 98.6 Å². The molecule has 4 aliphatic rings. The third-order valence-electron chi connectivity index (χ3n) is 16.3. The van der Waals surface area contributed by atoms with E-state index in [0.717, 1.165) is 97.2 Å². The van der Waals surface area contributed by atoms with Gasteiger partial charge in [-0.15, -0.1) is 0 Å². The second-order valence-corrected chi connectivity index (χ2v) is 30.9. The van der Waals surface area contributed by atoms with Crippen LogP contribution in [-0.4, -0.2) is 111 Å². The highest BCUT2D eigenvalue weighted by Crippen LogP contribution is 2.35. The van der Waals surface area contributed by atoms with Gasteiger partial charge in [-0.2, -0.15) is 20.4 Å². The molecule has 0 radical (unpaired) electrons. The number of hydrogen-bond donors (Lipinski definition) is 8. The number of nitrogens with zero attached hydrogens (tertiary/aromatic N) is 8. The standard InChI is InChI=1S/2C17H20BrFN4O.C17H21BrN4O.C17H20ClFN4O/c1-17(2,3)15-11-9-23(7-6-14(11)21-22-15)16(24)20-10-4-5-13(19)12(18)8-10;1-17(2,3)15-10-9-23(8-7-12(10)21-22-15)16(24)20-13-6-4-5-11(18)14(13)19;1-17(2,3)15-13-10-22(8-7-14(13)20-21-15)16(23)19-12-6-4-5-11(18)9-12;1-17(2,3)15-11-9-23(7-6-14(11)21-22-15)16(24)20-10-4-5-13(19)12(18)8-10/h4-5,8H,6-7,9H2,1-3H3,(H,20,24)(H,21,22);4-6H,7-9H2,1-3H3,(H,20,24)(H,21,22);4-6,9H,7-8,10H2,1-3H3,(H,19,23)(H,20,21);4-5,8H,6-7,9H2,1-3H3,(H,20,24)(H,21,22). The van der Waals surface area contributed by atoms with Gasteiger partial charge in [-0.3, -0.25) is 20.4 Å². The largest absolute Gasteiger partial charge is 0.322 e. The molecule has 0 saturated heterocycles.